The predicted octanol–water partition coefficient (Wildman–Crippen LogP) is 1.52. The number of rotatable bonds is 5. The molecule has 0 rings (SSSR count). The highest BCUT2D eigenvalue weighted by molar-refractivity contribution is 8.00. The van der Waals surface area contributed by atoms with Crippen LogP contribution >= 0.6 is 11.8 Å². The molecule has 78 valence electrons. The van der Waals surface area contributed by atoms with Gasteiger partial charge in [0.25, 0.3) is 0 Å². The topological polar surface area (TPSA) is 49.3 Å². The lowest BCUT2D eigenvalue weighted by molar-refractivity contribution is -0.0326. The van der Waals surface area contributed by atoms with Gasteiger partial charge in [-0.25, -0.2) is 8.93 Å². The Bertz CT molecular complexity index is 195. The first-order valence-electron chi connectivity index (χ1n) is 3.12. The maximum Gasteiger partial charge on any atom is 0.442 e. The summed E-state index contributed by atoms with van der Waals surface area (Å²) in [5, 5.41) is 0. The van der Waals surface area contributed by atoms with Crippen molar-refractivity contribution in [3.05, 3.63) is 12.2 Å². The van der Waals surface area contributed by atoms with Crippen LogP contribution in [-0.4, -0.2) is 26.6 Å². The Morgan fingerprint density at radius 3 is 2.54 bits per heavy atom. The molecule has 0 aliphatic rings. The van der Waals surface area contributed by atoms with Crippen molar-refractivity contribution < 1.29 is 21.9 Å². The van der Waals surface area contributed by atoms with Crippen LogP contribution in [0, 0.1) is 0 Å². The second-order valence-corrected chi connectivity index (χ2v) is 3.70. The first kappa shape index (κ1) is 12.9. The van der Waals surface area contributed by atoms with Gasteiger partial charge in [-0.2, -0.15) is 13.2 Å². The highest BCUT2D eigenvalue weighted by Crippen LogP contribution is 2.29. The molecule has 0 fully saturated rings. The Kier molecular flexibility index (Phi) is 6.39. The van der Waals surface area contributed by atoms with Gasteiger partial charge in [0.1, 0.15) is 0 Å². The van der Waals surface area contributed by atoms with E-state index in [0.717, 1.165) is 0 Å². The van der Waals surface area contributed by atoms with Gasteiger partial charge in [-0.15, -0.1) is 0 Å². The summed E-state index contributed by atoms with van der Waals surface area (Å²) in [5.74, 6) is -0.191. The Balaban J connectivity index is 3.38. The third-order valence-electron chi connectivity index (χ3n) is 0.835. The molecule has 0 saturated carbocycles. The van der Waals surface area contributed by atoms with E-state index in [1.54, 1.807) is 0 Å². The summed E-state index contributed by atoms with van der Waals surface area (Å²) in [6.07, 6.45) is 2.63. The van der Waals surface area contributed by atoms with E-state index in [4.69, 9.17) is 4.55 Å². The molecule has 0 aromatic rings. The minimum Gasteiger partial charge on any atom is -0.294 e. The maximum absolute atomic E-state index is 11.5. The lowest BCUT2D eigenvalue weighted by Gasteiger charge is -2.01. The number of alkyl halides is 3. The number of hydrogen-bond donors (Lipinski definition) is 2. The Morgan fingerprint density at radius 2 is 2.08 bits per heavy atom. The summed E-state index contributed by atoms with van der Waals surface area (Å²) < 4.78 is 54.8. The van der Waals surface area contributed by atoms with Gasteiger partial charge in [-0.1, -0.05) is 12.2 Å². The van der Waals surface area contributed by atoms with Gasteiger partial charge >= 0.3 is 5.51 Å². The molecule has 13 heavy (non-hydrogen) atoms. The number of nitrogens with one attached hydrogen (secondary N) is 1. The molecule has 0 aliphatic carbocycles. The van der Waals surface area contributed by atoms with Crippen LogP contribution in [-0.2, 0) is 11.3 Å². The first-order chi connectivity index (χ1) is 5.92. The fourth-order valence-electron chi connectivity index (χ4n) is 0.413. The lowest BCUT2D eigenvalue weighted by atomic mass is 10.5. The van der Waals surface area contributed by atoms with Crippen molar-refractivity contribution in [1.82, 2.24) is 4.72 Å². The van der Waals surface area contributed by atoms with Crippen LogP contribution in [0.5, 0.6) is 0 Å². The molecule has 1 unspecified atom stereocenters. The van der Waals surface area contributed by atoms with Crippen molar-refractivity contribution in [3.8, 4) is 0 Å². The van der Waals surface area contributed by atoms with E-state index in [-0.39, 0.29) is 24.1 Å². The molecule has 1 atom stereocenters. The Hall–Kier alpha value is -0.0500. The van der Waals surface area contributed by atoms with Crippen LogP contribution in [0.3, 0.4) is 0 Å². The zero-order valence-corrected chi connectivity index (χ0v) is 8.01. The quantitative estimate of drug-likeness (QED) is 0.561. The zero-order chi connectivity index (χ0) is 10.3. The van der Waals surface area contributed by atoms with Crippen LogP contribution in [0.15, 0.2) is 12.2 Å². The van der Waals surface area contributed by atoms with E-state index in [9.17, 15) is 17.4 Å². The summed E-state index contributed by atoms with van der Waals surface area (Å²) in [6, 6.07) is 0. The van der Waals surface area contributed by atoms with Crippen LogP contribution in [0.25, 0.3) is 0 Å². The Morgan fingerprint density at radius 1 is 1.46 bits per heavy atom. The molecular formula is C5H8F3NO2S2. The Labute approximate surface area is 80.2 Å². The molecule has 0 heterocycles. The van der Waals surface area contributed by atoms with Crippen molar-refractivity contribution in [2.24, 2.45) is 0 Å². The average molecular weight is 235 g/mol. The second-order valence-electron chi connectivity index (χ2n) is 1.83. The molecule has 8 heteroatoms. The molecule has 3 nitrogen and oxygen atoms in total. The van der Waals surface area contributed by atoms with E-state index in [0.29, 0.717) is 0 Å². The summed E-state index contributed by atoms with van der Waals surface area (Å²) in [4.78, 5) is 0. The maximum atomic E-state index is 11.5. The molecule has 0 aromatic heterocycles. The smallest absolute Gasteiger partial charge is 0.294 e. The molecule has 0 spiro atoms. The average Bonchev–Trinajstić information content (AvgIpc) is 1.93. The predicted molar refractivity (Wildman–Crippen MR) is 46.4 cm³/mol. The summed E-state index contributed by atoms with van der Waals surface area (Å²) in [6.45, 7) is 0.0710. The molecule has 0 radical (unpaired) electrons. The molecule has 0 saturated heterocycles. The van der Waals surface area contributed by atoms with Crippen molar-refractivity contribution in [2.45, 2.75) is 5.51 Å². The summed E-state index contributed by atoms with van der Waals surface area (Å²) in [7, 11) is 0. The van der Waals surface area contributed by atoms with E-state index < -0.39 is 16.8 Å². The van der Waals surface area contributed by atoms with Gasteiger partial charge in [0.05, 0.1) is 0 Å². The highest BCUT2D eigenvalue weighted by Gasteiger charge is 2.26. The van der Waals surface area contributed by atoms with Gasteiger partial charge in [0.2, 0.25) is 11.3 Å². The summed E-state index contributed by atoms with van der Waals surface area (Å²) >= 11 is -2.28. The number of hydrogen-bond acceptors (Lipinski definition) is 2. The van der Waals surface area contributed by atoms with Crippen molar-refractivity contribution in [2.75, 3.05) is 12.3 Å². The monoisotopic (exact) mass is 235 g/mol. The second kappa shape index (κ2) is 6.41. The van der Waals surface area contributed by atoms with E-state index >= 15 is 0 Å². The van der Waals surface area contributed by atoms with Crippen LogP contribution in [0.2, 0.25) is 0 Å². The molecule has 2 N–H and O–H groups in total. The van der Waals surface area contributed by atoms with Gasteiger partial charge in [-0.05, 0) is 11.8 Å². The standard InChI is InChI=1S/C5H8F3NO2S2/c6-5(7,8)12-4-2-1-3-9-13(10)11/h1-2,9H,3-4H2,(H,10,11). The lowest BCUT2D eigenvalue weighted by Crippen LogP contribution is -2.15. The van der Waals surface area contributed by atoms with Crippen molar-refractivity contribution >= 4 is 23.0 Å². The number of halogens is 3. The van der Waals surface area contributed by atoms with E-state index in [2.05, 4.69) is 4.72 Å². The van der Waals surface area contributed by atoms with Crippen LogP contribution in [0.1, 0.15) is 0 Å². The van der Waals surface area contributed by atoms with E-state index in [1.807, 2.05) is 0 Å². The third-order valence-corrected chi connectivity index (χ3v) is 1.93. The highest BCUT2D eigenvalue weighted by atomic mass is 32.2. The third kappa shape index (κ3) is 12.0. The van der Waals surface area contributed by atoms with Crippen molar-refractivity contribution in [1.29, 1.82) is 0 Å². The molecular weight excluding hydrogens is 227 g/mol. The van der Waals surface area contributed by atoms with Crippen LogP contribution < -0.4 is 4.72 Å². The summed E-state index contributed by atoms with van der Waals surface area (Å²) in [5.41, 5.74) is -4.22. The number of thioether (sulfide) groups is 1. The van der Waals surface area contributed by atoms with Gasteiger partial charge in [0, 0.05) is 12.3 Å². The van der Waals surface area contributed by atoms with Crippen LogP contribution in [0.4, 0.5) is 13.2 Å². The largest absolute Gasteiger partial charge is 0.442 e. The normalized spacial score (nSPS) is 15.1. The van der Waals surface area contributed by atoms with Gasteiger partial charge < -0.3 is 0 Å². The molecule has 0 bridgehead atoms. The minimum absolute atomic E-state index is 0.0710. The fraction of sp³-hybridized carbons (Fsp3) is 0.600. The van der Waals surface area contributed by atoms with Gasteiger partial charge in [0.15, 0.2) is 0 Å². The van der Waals surface area contributed by atoms with Crippen molar-refractivity contribution in [3.63, 3.8) is 0 Å². The SMILES string of the molecule is O=S(O)NCC=CCSC(F)(F)F. The molecule has 0 aromatic carbocycles. The molecule has 0 aliphatic heterocycles. The van der Waals surface area contributed by atoms with E-state index in [1.165, 1.54) is 12.2 Å². The minimum atomic E-state index is -4.22. The molecule has 0 amide bonds. The zero-order valence-electron chi connectivity index (χ0n) is 6.37. The fourth-order valence-corrected chi connectivity index (χ4v) is 1.07. The van der Waals surface area contributed by atoms with Gasteiger partial charge in [-0.3, -0.25) is 4.55 Å². The first-order valence-corrected chi connectivity index (χ1v) is 5.21.